The van der Waals surface area contributed by atoms with Gasteiger partial charge in [-0.2, -0.15) is 0 Å². The first-order valence-electron chi connectivity index (χ1n) is 3.47. The van der Waals surface area contributed by atoms with E-state index in [0.717, 1.165) is 17.6 Å². The highest BCUT2D eigenvalue weighted by Crippen LogP contribution is 2.12. The third-order valence-corrected chi connectivity index (χ3v) is 1.55. The maximum Gasteiger partial charge on any atom is 0.166 e. The van der Waals surface area contributed by atoms with E-state index >= 15 is 0 Å². The topological polar surface area (TPSA) is 20.3 Å². The van der Waals surface area contributed by atoms with Gasteiger partial charge in [-0.1, -0.05) is 24.3 Å². The van der Waals surface area contributed by atoms with Gasteiger partial charge in [0, 0.05) is 19.7 Å². The number of hydrogen-bond donors (Lipinski definition) is 0. The summed E-state index contributed by atoms with van der Waals surface area (Å²) in [5.74, 6) is 0. The van der Waals surface area contributed by atoms with E-state index in [-0.39, 0.29) is 0 Å². The standard InChI is InChI=1S/C9H11NO/c1-10(2)9(7-11)8-5-3-4-6-8/h3-7H,1-2H3. The molecule has 0 unspecified atom stereocenters. The van der Waals surface area contributed by atoms with Crippen molar-refractivity contribution in [2.75, 3.05) is 14.1 Å². The van der Waals surface area contributed by atoms with E-state index in [2.05, 4.69) is 0 Å². The largest absolute Gasteiger partial charge is 0.375 e. The molecule has 0 aromatic heterocycles. The summed E-state index contributed by atoms with van der Waals surface area (Å²) < 4.78 is 0. The number of likely N-dealkylation sites (N-methyl/N-ethyl adjacent to an activating group) is 1. The van der Waals surface area contributed by atoms with E-state index in [1.54, 1.807) is 0 Å². The average Bonchev–Trinajstić information content (AvgIpc) is 2.40. The van der Waals surface area contributed by atoms with Gasteiger partial charge in [-0.25, -0.2) is 0 Å². The van der Waals surface area contributed by atoms with Gasteiger partial charge >= 0.3 is 0 Å². The van der Waals surface area contributed by atoms with Crippen LogP contribution < -0.4 is 0 Å². The lowest BCUT2D eigenvalue weighted by Crippen LogP contribution is -2.13. The van der Waals surface area contributed by atoms with Crippen molar-refractivity contribution in [1.82, 2.24) is 4.90 Å². The Labute approximate surface area is 66.5 Å². The Kier molecular flexibility index (Phi) is 2.26. The molecule has 58 valence electrons. The molecule has 0 aromatic rings. The fourth-order valence-corrected chi connectivity index (χ4v) is 0.976. The van der Waals surface area contributed by atoms with Gasteiger partial charge in [-0.15, -0.1) is 0 Å². The van der Waals surface area contributed by atoms with E-state index in [0.29, 0.717) is 0 Å². The molecule has 1 aliphatic rings. The van der Waals surface area contributed by atoms with Gasteiger partial charge in [0.05, 0.1) is 5.70 Å². The molecule has 0 saturated heterocycles. The lowest BCUT2D eigenvalue weighted by atomic mass is 10.2. The molecule has 0 heterocycles. The van der Waals surface area contributed by atoms with Crippen LogP contribution in [0.15, 0.2) is 35.6 Å². The maximum atomic E-state index is 10.6. The molecular formula is C9H11NO. The van der Waals surface area contributed by atoms with Crippen LogP contribution in [0.5, 0.6) is 0 Å². The molecular weight excluding hydrogens is 138 g/mol. The third-order valence-electron chi connectivity index (χ3n) is 1.55. The van der Waals surface area contributed by atoms with Gasteiger partial charge in [-0.3, -0.25) is 4.79 Å². The predicted molar refractivity (Wildman–Crippen MR) is 45.1 cm³/mol. The number of carbonyl (C=O) groups is 1. The lowest BCUT2D eigenvalue weighted by Gasteiger charge is -2.12. The van der Waals surface area contributed by atoms with Crippen molar-refractivity contribution in [2.24, 2.45) is 0 Å². The second kappa shape index (κ2) is 3.19. The van der Waals surface area contributed by atoms with Crippen LogP contribution in [0, 0.1) is 0 Å². The zero-order chi connectivity index (χ0) is 8.27. The number of nitrogens with zero attached hydrogens (tertiary/aromatic N) is 1. The molecule has 0 amide bonds. The number of rotatable bonds is 2. The fourth-order valence-electron chi connectivity index (χ4n) is 0.976. The van der Waals surface area contributed by atoms with E-state index in [4.69, 9.17) is 0 Å². The Balaban J connectivity index is 2.98. The molecule has 2 heteroatoms. The monoisotopic (exact) mass is 149 g/mol. The van der Waals surface area contributed by atoms with Gasteiger partial charge in [0.2, 0.25) is 0 Å². The van der Waals surface area contributed by atoms with Gasteiger partial charge in [0.1, 0.15) is 0 Å². The Bertz CT molecular complexity index is 232. The first-order valence-corrected chi connectivity index (χ1v) is 3.47. The molecule has 0 N–H and O–H groups in total. The minimum atomic E-state index is 0.718. The van der Waals surface area contributed by atoms with E-state index in [9.17, 15) is 4.79 Å². The number of carbonyl (C=O) groups excluding carboxylic acids is 1. The maximum absolute atomic E-state index is 10.6. The molecule has 2 nitrogen and oxygen atoms in total. The summed E-state index contributed by atoms with van der Waals surface area (Å²) >= 11 is 0. The van der Waals surface area contributed by atoms with E-state index in [1.807, 2.05) is 43.3 Å². The quantitative estimate of drug-likeness (QED) is 0.433. The molecule has 0 aliphatic heterocycles. The van der Waals surface area contributed by atoms with Gasteiger partial charge < -0.3 is 4.90 Å². The van der Waals surface area contributed by atoms with Crippen LogP contribution in [0.25, 0.3) is 0 Å². The van der Waals surface area contributed by atoms with Crippen LogP contribution in [-0.2, 0) is 4.79 Å². The van der Waals surface area contributed by atoms with Crippen LogP contribution in [0.2, 0.25) is 0 Å². The first-order chi connectivity index (χ1) is 5.25. The Morgan fingerprint density at radius 2 is 1.91 bits per heavy atom. The van der Waals surface area contributed by atoms with Crippen molar-refractivity contribution in [1.29, 1.82) is 0 Å². The van der Waals surface area contributed by atoms with Crippen molar-refractivity contribution < 1.29 is 4.79 Å². The molecule has 0 aromatic carbocycles. The highest BCUT2D eigenvalue weighted by Gasteiger charge is 2.03. The Morgan fingerprint density at radius 3 is 2.27 bits per heavy atom. The first kappa shape index (κ1) is 7.79. The molecule has 1 aliphatic carbocycles. The summed E-state index contributed by atoms with van der Waals surface area (Å²) in [5.41, 5.74) is 1.69. The molecule has 1 rings (SSSR count). The molecule has 0 bridgehead atoms. The van der Waals surface area contributed by atoms with Gasteiger partial charge in [-0.05, 0) is 0 Å². The van der Waals surface area contributed by atoms with Crippen LogP contribution >= 0.6 is 0 Å². The summed E-state index contributed by atoms with van der Waals surface area (Å²) in [7, 11) is 3.72. The Hall–Kier alpha value is -1.31. The molecule has 0 saturated carbocycles. The summed E-state index contributed by atoms with van der Waals surface area (Å²) in [5, 5.41) is 0. The molecule has 0 radical (unpaired) electrons. The molecule has 11 heavy (non-hydrogen) atoms. The fraction of sp³-hybridized carbons (Fsp3) is 0.222. The second-order valence-corrected chi connectivity index (χ2v) is 2.57. The summed E-state index contributed by atoms with van der Waals surface area (Å²) in [6.45, 7) is 0. The molecule has 0 fully saturated rings. The summed E-state index contributed by atoms with van der Waals surface area (Å²) in [4.78, 5) is 12.4. The average molecular weight is 149 g/mol. The van der Waals surface area contributed by atoms with Crippen LogP contribution in [0.1, 0.15) is 0 Å². The van der Waals surface area contributed by atoms with Crippen LogP contribution in [0.4, 0.5) is 0 Å². The van der Waals surface area contributed by atoms with Crippen LogP contribution in [-0.4, -0.2) is 25.3 Å². The minimum Gasteiger partial charge on any atom is -0.375 e. The zero-order valence-electron chi connectivity index (χ0n) is 6.74. The van der Waals surface area contributed by atoms with Crippen molar-refractivity contribution in [2.45, 2.75) is 0 Å². The van der Waals surface area contributed by atoms with Crippen molar-refractivity contribution in [3.8, 4) is 0 Å². The van der Waals surface area contributed by atoms with Crippen molar-refractivity contribution in [3.05, 3.63) is 35.6 Å². The number of hydrogen-bond acceptors (Lipinski definition) is 2. The van der Waals surface area contributed by atoms with Crippen molar-refractivity contribution in [3.63, 3.8) is 0 Å². The van der Waals surface area contributed by atoms with Crippen molar-refractivity contribution >= 4 is 6.29 Å². The summed E-state index contributed by atoms with van der Waals surface area (Å²) in [6.07, 6.45) is 8.55. The predicted octanol–water partition coefficient (Wildman–Crippen LogP) is 1.13. The molecule has 0 atom stereocenters. The number of aldehydes is 1. The normalized spacial score (nSPS) is 13.8. The Morgan fingerprint density at radius 1 is 1.36 bits per heavy atom. The highest BCUT2D eigenvalue weighted by atomic mass is 16.1. The lowest BCUT2D eigenvalue weighted by molar-refractivity contribution is -0.106. The SMILES string of the molecule is CN(C)C(C=O)=C1C=CC=C1. The van der Waals surface area contributed by atoms with Gasteiger partial charge in [0.25, 0.3) is 0 Å². The van der Waals surface area contributed by atoms with E-state index in [1.165, 1.54) is 0 Å². The van der Waals surface area contributed by atoms with E-state index < -0.39 is 0 Å². The van der Waals surface area contributed by atoms with Crippen LogP contribution in [0.3, 0.4) is 0 Å². The molecule has 0 spiro atoms. The number of allylic oxidation sites excluding steroid dienone is 6. The smallest absolute Gasteiger partial charge is 0.166 e. The minimum absolute atomic E-state index is 0.718. The third kappa shape index (κ3) is 1.58. The zero-order valence-corrected chi connectivity index (χ0v) is 6.74. The summed E-state index contributed by atoms with van der Waals surface area (Å²) in [6, 6.07) is 0. The second-order valence-electron chi connectivity index (χ2n) is 2.57. The highest BCUT2D eigenvalue weighted by molar-refractivity contribution is 5.76. The van der Waals surface area contributed by atoms with Gasteiger partial charge in [0.15, 0.2) is 6.29 Å².